The molecular weight excluding hydrogens is 340 g/mol. The highest BCUT2D eigenvalue weighted by Gasteiger charge is 2.09. The molecule has 0 aliphatic heterocycles. The van der Waals surface area contributed by atoms with E-state index < -0.39 is 0 Å². The predicted octanol–water partition coefficient (Wildman–Crippen LogP) is 3.90. The van der Waals surface area contributed by atoms with Gasteiger partial charge in [-0.25, -0.2) is 9.97 Å². The Morgan fingerprint density at radius 1 is 1.04 bits per heavy atom. The lowest BCUT2D eigenvalue weighted by molar-refractivity contribution is 0.102. The number of carbonyl (C=O) groups is 1. The number of amides is 1. The molecule has 6 nitrogen and oxygen atoms in total. The molecule has 0 spiro atoms. The molecule has 0 fully saturated rings. The van der Waals surface area contributed by atoms with E-state index in [1.807, 2.05) is 36.0 Å². The van der Waals surface area contributed by atoms with E-state index in [1.165, 1.54) is 0 Å². The molecule has 0 unspecified atom stereocenters. The second-order valence-corrected chi connectivity index (χ2v) is 6.20. The van der Waals surface area contributed by atoms with Gasteiger partial charge in [-0.1, -0.05) is 12.1 Å². The number of rotatable bonds is 4. The van der Waals surface area contributed by atoms with E-state index in [1.54, 1.807) is 43.9 Å². The maximum atomic E-state index is 12.4. The van der Waals surface area contributed by atoms with Crippen LogP contribution in [0.4, 0.5) is 5.82 Å². The number of methoxy groups -OCH3 is 1. The molecule has 6 heteroatoms. The van der Waals surface area contributed by atoms with Crippen LogP contribution in [0.5, 0.6) is 5.75 Å². The van der Waals surface area contributed by atoms with Crippen molar-refractivity contribution < 1.29 is 9.53 Å². The zero-order valence-corrected chi connectivity index (χ0v) is 15.0. The first-order valence-electron chi connectivity index (χ1n) is 8.46. The number of pyridine rings is 1. The summed E-state index contributed by atoms with van der Waals surface area (Å²) >= 11 is 0. The summed E-state index contributed by atoms with van der Waals surface area (Å²) in [6.45, 7) is 0. The summed E-state index contributed by atoms with van der Waals surface area (Å²) in [5.74, 6) is 0.996. The number of aryl methyl sites for hydroxylation is 1. The van der Waals surface area contributed by atoms with Gasteiger partial charge in [-0.05, 0) is 41.8 Å². The highest BCUT2D eigenvalue weighted by Crippen LogP contribution is 2.25. The minimum absolute atomic E-state index is 0.215. The lowest BCUT2D eigenvalue weighted by Crippen LogP contribution is -2.12. The van der Waals surface area contributed by atoms with Crippen LogP contribution in [-0.2, 0) is 7.05 Å². The van der Waals surface area contributed by atoms with Crippen LogP contribution in [-0.4, -0.2) is 27.6 Å². The van der Waals surface area contributed by atoms with Crippen LogP contribution in [0.2, 0.25) is 0 Å². The number of nitrogens with zero attached hydrogens (tertiary/aromatic N) is 3. The SMILES string of the molecule is COc1ccc(C(=O)Nc2cc3cc(-c4cncn4C)ccc3cn2)cc1. The molecule has 0 aliphatic carbocycles. The summed E-state index contributed by atoms with van der Waals surface area (Å²) in [7, 11) is 3.55. The minimum atomic E-state index is -0.215. The van der Waals surface area contributed by atoms with E-state index >= 15 is 0 Å². The first-order valence-corrected chi connectivity index (χ1v) is 8.46. The molecule has 4 rings (SSSR count). The highest BCUT2D eigenvalue weighted by atomic mass is 16.5. The van der Waals surface area contributed by atoms with Crippen molar-refractivity contribution in [2.45, 2.75) is 0 Å². The largest absolute Gasteiger partial charge is 0.497 e. The summed E-state index contributed by atoms with van der Waals surface area (Å²) in [6.07, 6.45) is 5.35. The number of ether oxygens (including phenoxy) is 1. The summed E-state index contributed by atoms with van der Waals surface area (Å²) in [6, 6.07) is 14.9. The second kappa shape index (κ2) is 6.92. The molecule has 27 heavy (non-hydrogen) atoms. The Balaban J connectivity index is 1.62. The molecule has 0 aliphatic rings. The van der Waals surface area contributed by atoms with Crippen LogP contribution in [0.25, 0.3) is 22.0 Å². The molecule has 0 saturated carbocycles. The maximum absolute atomic E-state index is 12.4. The Bertz CT molecular complexity index is 1120. The topological polar surface area (TPSA) is 69.0 Å². The number of benzene rings is 2. The molecule has 0 atom stereocenters. The normalized spacial score (nSPS) is 10.7. The average Bonchev–Trinajstić information content (AvgIpc) is 3.13. The van der Waals surface area contributed by atoms with Gasteiger partial charge in [-0.15, -0.1) is 0 Å². The van der Waals surface area contributed by atoms with Gasteiger partial charge in [0.2, 0.25) is 0 Å². The zero-order valence-electron chi connectivity index (χ0n) is 15.0. The van der Waals surface area contributed by atoms with Crippen LogP contribution in [0.15, 0.2) is 67.3 Å². The molecule has 1 N–H and O–H groups in total. The van der Waals surface area contributed by atoms with Crippen molar-refractivity contribution in [1.29, 1.82) is 0 Å². The smallest absolute Gasteiger partial charge is 0.256 e. The van der Waals surface area contributed by atoms with Gasteiger partial charge >= 0.3 is 0 Å². The van der Waals surface area contributed by atoms with Crippen LogP contribution in [0.3, 0.4) is 0 Å². The minimum Gasteiger partial charge on any atom is -0.497 e. The highest BCUT2D eigenvalue weighted by molar-refractivity contribution is 6.04. The van der Waals surface area contributed by atoms with Crippen LogP contribution < -0.4 is 10.1 Å². The molecule has 0 bridgehead atoms. The van der Waals surface area contributed by atoms with Crippen LogP contribution in [0, 0.1) is 0 Å². The average molecular weight is 358 g/mol. The Labute approximate surface area is 156 Å². The van der Waals surface area contributed by atoms with Crippen LogP contribution >= 0.6 is 0 Å². The Morgan fingerprint density at radius 3 is 2.56 bits per heavy atom. The van der Waals surface area contributed by atoms with Crippen molar-refractivity contribution in [3.05, 3.63) is 72.8 Å². The van der Waals surface area contributed by atoms with E-state index in [2.05, 4.69) is 21.4 Å². The van der Waals surface area contributed by atoms with Gasteiger partial charge in [0.15, 0.2) is 0 Å². The molecule has 134 valence electrons. The number of hydrogen-bond donors (Lipinski definition) is 1. The van der Waals surface area contributed by atoms with Gasteiger partial charge in [-0.2, -0.15) is 0 Å². The predicted molar refractivity (Wildman–Crippen MR) is 105 cm³/mol. The number of hydrogen-bond acceptors (Lipinski definition) is 4. The van der Waals surface area contributed by atoms with Crippen molar-refractivity contribution in [3.63, 3.8) is 0 Å². The van der Waals surface area contributed by atoms with Gasteiger partial charge in [0.25, 0.3) is 5.91 Å². The van der Waals surface area contributed by atoms with E-state index in [9.17, 15) is 4.79 Å². The molecule has 0 radical (unpaired) electrons. The number of nitrogens with one attached hydrogen (secondary N) is 1. The lowest BCUT2D eigenvalue weighted by Gasteiger charge is -2.08. The molecular formula is C21H18N4O2. The fourth-order valence-electron chi connectivity index (χ4n) is 2.93. The molecule has 0 saturated heterocycles. The van der Waals surface area contributed by atoms with Gasteiger partial charge in [0.1, 0.15) is 11.6 Å². The molecule has 1 amide bonds. The quantitative estimate of drug-likeness (QED) is 0.601. The molecule has 4 aromatic rings. The van der Waals surface area contributed by atoms with Crippen molar-refractivity contribution in [2.24, 2.45) is 7.05 Å². The van der Waals surface area contributed by atoms with E-state index in [0.717, 1.165) is 22.0 Å². The fourth-order valence-corrected chi connectivity index (χ4v) is 2.93. The summed E-state index contributed by atoms with van der Waals surface area (Å²) in [5.41, 5.74) is 2.62. The lowest BCUT2D eigenvalue weighted by atomic mass is 10.1. The summed E-state index contributed by atoms with van der Waals surface area (Å²) in [4.78, 5) is 21.0. The number of anilines is 1. The number of fused-ring (bicyclic) bond motifs is 1. The molecule has 2 aromatic heterocycles. The number of aromatic nitrogens is 3. The Kier molecular flexibility index (Phi) is 4.30. The van der Waals surface area contributed by atoms with E-state index in [0.29, 0.717) is 17.1 Å². The Hall–Kier alpha value is -3.67. The Morgan fingerprint density at radius 2 is 1.85 bits per heavy atom. The van der Waals surface area contributed by atoms with Gasteiger partial charge in [0, 0.05) is 29.8 Å². The second-order valence-electron chi connectivity index (χ2n) is 6.20. The summed E-state index contributed by atoms with van der Waals surface area (Å²) in [5, 5.41) is 4.84. The van der Waals surface area contributed by atoms with Crippen LogP contribution in [0.1, 0.15) is 10.4 Å². The first kappa shape index (κ1) is 16.8. The molecule has 2 aromatic carbocycles. The third-order valence-electron chi connectivity index (χ3n) is 4.43. The van der Waals surface area contributed by atoms with Gasteiger partial charge < -0.3 is 14.6 Å². The van der Waals surface area contributed by atoms with Crippen molar-refractivity contribution in [1.82, 2.24) is 14.5 Å². The monoisotopic (exact) mass is 358 g/mol. The first-order chi connectivity index (χ1) is 13.1. The van der Waals surface area contributed by atoms with Crippen molar-refractivity contribution in [2.75, 3.05) is 12.4 Å². The third kappa shape index (κ3) is 3.37. The summed E-state index contributed by atoms with van der Waals surface area (Å²) < 4.78 is 7.08. The van der Waals surface area contributed by atoms with E-state index in [-0.39, 0.29) is 5.91 Å². The van der Waals surface area contributed by atoms with Gasteiger partial charge in [0.05, 0.1) is 25.3 Å². The van der Waals surface area contributed by atoms with Crippen molar-refractivity contribution in [3.8, 4) is 17.0 Å². The third-order valence-corrected chi connectivity index (χ3v) is 4.43. The number of carbonyl (C=O) groups excluding carboxylic acids is 1. The zero-order chi connectivity index (χ0) is 18.8. The fraction of sp³-hybridized carbons (Fsp3) is 0.0952. The standard InChI is InChI=1S/C21H18N4O2/c1-25-13-22-12-19(25)15-3-4-16-11-23-20(10-17(16)9-15)24-21(26)14-5-7-18(27-2)8-6-14/h3-13H,1-2H3,(H,23,24,26). The number of imidazole rings is 1. The molecule has 2 heterocycles. The van der Waals surface area contributed by atoms with E-state index in [4.69, 9.17) is 4.74 Å². The van der Waals surface area contributed by atoms with Crippen molar-refractivity contribution >= 4 is 22.5 Å². The maximum Gasteiger partial charge on any atom is 0.256 e. The van der Waals surface area contributed by atoms with Gasteiger partial charge in [-0.3, -0.25) is 4.79 Å².